The molecule has 1 aliphatic rings. The lowest BCUT2D eigenvalue weighted by atomic mass is 10.0. The van der Waals surface area contributed by atoms with E-state index in [4.69, 9.17) is 5.73 Å². The Balaban J connectivity index is 2.19. The highest BCUT2D eigenvalue weighted by molar-refractivity contribution is 5.95. The zero-order valence-corrected chi connectivity index (χ0v) is 13.2. The monoisotopic (exact) mass is 275 g/mol. The Morgan fingerprint density at radius 1 is 1.25 bits per heavy atom. The molecule has 1 aromatic heterocycles. The predicted octanol–water partition coefficient (Wildman–Crippen LogP) is 2.95. The molecular formula is C16H25N3O. The van der Waals surface area contributed by atoms with Crippen LogP contribution in [0.2, 0.25) is 0 Å². The van der Waals surface area contributed by atoms with Gasteiger partial charge in [-0.1, -0.05) is 41.5 Å². The molecule has 0 atom stereocenters. The smallest absolute Gasteiger partial charge is 0.251 e. The number of nitrogens with two attached hydrogens (primary N) is 1. The summed E-state index contributed by atoms with van der Waals surface area (Å²) in [5, 5.41) is 3.12. The summed E-state index contributed by atoms with van der Waals surface area (Å²) in [5.74, 6) is 0.583. The van der Waals surface area contributed by atoms with Crippen LogP contribution < -0.4 is 11.1 Å². The normalized spacial score (nSPS) is 19.9. The van der Waals surface area contributed by atoms with Gasteiger partial charge in [-0.15, -0.1) is 0 Å². The van der Waals surface area contributed by atoms with E-state index in [1.54, 1.807) is 6.07 Å². The summed E-state index contributed by atoms with van der Waals surface area (Å²) in [4.78, 5) is 16.7. The van der Waals surface area contributed by atoms with Gasteiger partial charge in [0.1, 0.15) is 5.82 Å². The lowest BCUT2D eigenvalue weighted by Crippen LogP contribution is -2.30. The van der Waals surface area contributed by atoms with Gasteiger partial charge in [0.15, 0.2) is 0 Å². The third-order valence-corrected chi connectivity index (χ3v) is 5.01. The van der Waals surface area contributed by atoms with Gasteiger partial charge in [0.25, 0.3) is 5.91 Å². The van der Waals surface area contributed by atoms with Crippen LogP contribution >= 0.6 is 0 Å². The maximum absolute atomic E-state index is 12.4. The number of nitrogen functional groups attached to an aromatic ring is 1. The van der Waals surface area contributed by atoms with E-state index in [0.717, 1.165) is 5.69 Å². The first kappa shape index (κ1) is 14.8. The maximum Gasteiger partial charge on any atom is 0.251 e. The van der Waals surface area contributed by atoms with Crippen molar-refractivity contribution in [1.29, 1.82) is 0 Å². The molecule has 110 valence electrons. The Labute approximate surface area is 121 Å². The Hall–Kier alpha value is -1.58. The number of hydrogen-bond acceptors (Lipinski definition) is 3. The van der Waals surface area contributed by atoms with E-state index in [0.29, 0.717) is 11.4 Å². The topological polar surface area (TPSA) is 68.0 Å². The van der Waals surface area contributed by atoms with Gasteiger partial charge in [0.2, 0.25) is 0 Å². The highest BCUT2D eigenvalue weighted by atomic mass is 16.1. The van der Waals surface area contributed by atoms with Gasteiger partial charge < -0.3 is 11.1 Å². The van der Waals surface area contributed by atoms with Gasteiger partial charge in [-0.2, -0.15) is 0 Å². The van der Waals surface area contributed by atoms with Crippen LogP contribution in [0.3, 0.4) is 0 Å². The zero-order chi connectivity index (χ0) is 15.3. The number of aromatic nitrogens is 1. The number of anilines is 1. The lowest BCUT2D eigenvalue weighted by molar-refractivity contribution is 0.0943. The molecule has 2 rings (SSSR count). The van der Waals surface area contributed by atoms with Crippen molar-refractivity contribution < 1.29 is 4.79 Å². The molecule has 1 saturated carbocycles. The van der Waals surface area contributed by atoms with E-state index >= 15 is 0 Å². The number of carbonyl (C=O) groups is 1. The third kappa shape index (κ3) is 2.28. The molecule has 0 spiro atoms. The molecule has 4 nitrogen and oxygen atoms in total. The van der Waals surface area contributed by atoms with Crippen molar-refractivity contribution in [2.45, 2.75) is 53.5 Å². The van der Waals surface area contributed by atoms with Crippen molar-refractivity contribution in [3.63, 3.8) is 0 Å². The van der Waals surface area contributed by atoms with Crippen molar-refractivity contribution in [1.82, 2.24) is 10.3 Å². The van der Waals surface area contributed by atoms with Crippen molar-refractivity contribution in [3.05, 3.63) is 23.4 Å². The Morgan fingerprint density at radius 3 is 2.25 bits per heavy atom. The second-order valence-electron chi connectivity index (χ2n) is 7.21. The maximum atomic E-state index is 12.4. The van der Waals surface area contributed by atoms with E-state index in [2.05, 4.69) is 38.0 Å². The summed E-state index contributed by atoms with van der Waals surface area (Å²) in [7, 11) is 0. The molecule has 0 saturated heterocycles. The van der Waals surface area contributed by atoms with E-state index in [1.165, 1.54) is 0 Å². The second-order valence-corrected chi connectivity index (χ2v) is 7.21. The van der Waals surface area contributed by atoms with Crippen LogP contribution in [0.25, 0.3) is 0 Å². The predicted molar refractivity (Wildman–Crippen MR) is 81.6 cm³/mol. The van der Waals surface area contributed by atoms with Gasteiger partial charge >= 0.3 is 0 Å². The number of rotatable bonds is 3. The highest BCUT2D eigenvalue weighted by Gasteiger charge is 2.65. The summed E-state index contributed by atoms with van der Waals surface area (Å²) in [6, 6.07) is 3.67. The summed E-state index contributed by atoms with van der Waals surface area (Å²) in [6.07, 6.45) is 0. The van der Waals surface area contributed by atoms with Crippen LogP contribution in [0.1, 0.15) is 63.5 Å². The van der Waals surface area contributed by atoms with E-state index < -0.39 is 0 Å². The van der Waals surface area contributed by atoms with Gasteiger partial charge in [0, 0.05) is 17.3 Å². The highest BCUT2D eigenvalue weighted by Crippen LogP contribution is 2.62. The first-order valence-corrected chi connectivity index (χ1v) is 7.15. The van der Waals surface area contributed by atoms with Gasteiger partial charge in [-0.3, -0.25) is 4.79 Å². The minimum Gasteiger partial charge on any atom is -0.384 e. The first-order valence-electron chi connectivity index (χ1n) is 7.15. The van der Waals surface area contributed by atoms with Gasteiger partial charge in [-0.05, 0) is 28.9 Å². The molecular weight excluding hydrogens is 250 g/mol. The molecule has 1 fully saturated rings. The number of pyridine rings is 1. The summed E-state index contributed by atoms with van der Waals surface area (Å²) < 4.78 is 0. The molecule has 1 aromatic rings. The molecule has 0 unspecified atom stereocenters. The fraction of sp³-hybridized carbons (Fsp3) is 0.625. The van der Waals surface area contributed by atoms with Crippen molar-refractivity contribution in [2.24, 2.45) is 10.8 Å². The number of nitrogens with one attached hydrogen (secondary N) is 1. The standard InChI is InChI=1S/C16H25N3O/c1-9(2)11-7-10(8-12(17)18-11)13(20)19-14-15(3,4)16(14,5)6/h7-9,14H,1-6H3,(H2,17,18)(H,19,20). The van der Waals surface area contributed by atoms with Crippen LogP contribution in [0.5, 0.6) is 0 Å². The number of nitrogens with zero attached hydrogens (tertiary/aromatic N) is 1. The molecule has 1 amide bonds. The van der Waals surface area contributed by atoms with Crippen LogP contribution in [0.15, 0.2) is 12.1 Å². The average molecular weight is 275 g/mol. The molecule has 0 bridgehead atoms. The molecule has 20 heavy (non-hydrogen) atoms. The van der Waals surface area contributed by atoms with Crippen molar-refractivity contribution in [2.75, 3.05) is 5.73 Å². The largest absolute Gasteiger partial charge is 0.384 e. The zero-order valence-electron chi connectivity index (χ0n) is 13.2. The van der Waals surface area contributed by atoms with Crippen molar-refractivity contribution >= 4 is 11.7 Å². The van der Waals surface area contributed by atoms with Crippen LogP contribution in [-0.4, -0.2) is 16.9 Å². The first-order chi connectivity index (χ1) is 9.07. The average Bonchev–Trinajstić information content (AvgIpc) is 2.70. The second kappa shape index (κ2) is 4.47. The molecule has 0 radical (unpaired) electrons. The summed E-state index contributed by atoms with van der Waals surface area (Å²) in [6.45, 7) is 12.8. The fourth-order valence-corrected chi connectivity index (χ4v) is 2.77. The van der Waals surface area contributed by atoms with E-state index in [9.17, 15) is 4.79 Å². The summed E-state index contributed by atoms with van der Waals surface area (Å²) in [5.41, 5.74) is 7.50. The van der Waals surface area contributed by atoms with Gasteiger partial charge in [-0.25, -0.2) is 4.98 Å². The van der Waals surface area contributed by atoms with Crippen LogP contribution in [0.4, 0.5) is 5.82 Å². The molecule has 1 heterocycles. The summed E-state index contributed by atoms with van der Waals surface area (Å²) >= 11 is 0. The SMILES string of the molecule is CC(C)c1cc(C(=O)NC2C(C)(C)C2(C)C)cc(N)n1. The minimum atomic E-state index is -0.0651. The third-order valence-electron chi connectivity index (χ3n) is 5.01. The quantitative estimate of drug-likeness (QED) is 0.891. The Morgan fingerprint density at radius 2 is 1.80 bits per heavy atom. The molecule has 1 aliphatic carbocycles. The Kier molecular flexibility index (Phi) is 3.31. The Bertz CT molecular complexity index is 533. The van der Waals surface area contributed by atoms with E-state index in [1.807, 2.05) is 19.9 Å². The molecule has 4 heteroatoms. The number of amides is 1. The van der Waals surface area contributed by atoms with Crippen LogP contribution in [-0.2, 0) is 0 Å². The molecule has 0 aromatic carbocycles. The fourth-order valence-electron chi connectivity index (χ4n) is 2.77. The molecule has 0 aliphatic heterocycles. The van der Waals surface area contributed by atoms with Crippen molar-refractivity contribution in [3.8, 4) is 0 Å². The minimum absolute atomic E-state index is 0.0651. The van der Waals surface area contributed by atoms with Gasteiger partial charge in [0.05, 0.1) is 0 Å². The molecule has 3 N–H and O–H groups in total. The number of carbonyl (C=O) groups excluding carboxylic acids is 1. The lowest BCUT2D eigenvalue weighted by Gasteiger charge is -2.11. The number of hydrogen-bond donors (Lipinski definition) is 2. The van der Waals surface area contributed by atoms with E-state index in [-0.39, 0.29) is 28.7 Å². The van der Waals surface area contributed by atoms with Crippen LogP contribution in [0, 0.1) is 10.8 Å².